The largest absolute Gasteiger partial charge is 0.388 e. The van der Waals surface area contributed by atoms with Crippen molar-refractivity contribution >= 4 is 21.6 Å². The lowest BCUT2D eigenvalue weighted by Gasteiger charge is -2.06. The molecule has 1 aromatic carbocycles. The van der Waals surface area contributed by atoms with Crippen molar-refractivity contribution in [2.75, 3.05) is 12.4 Å². The maximum Gasteiger partial charge on any atom is 0.0893 e. The van der Waals surface area contributed by atoms with Gasteiger partial charge >= 0.3 is 0 Å². The first-order valence-electron chi connectivity index (χ1n) is 5.73. The summed E-state index contributed by atoms with van der Waals surface area (Å²) in [7, 11) is 1.89. The van der Waals surface area contributed by atoms with E-state index < -0.39 is 0 Å². The molecule has 0 spiro atoms. The fourth-order valence-electron chi connectivity index (χ4n) is 1.61. The molecular weight excluding hydrogens is 292 g/mol. The zero-order valence-electron chi connectivity index (χ0n) is 10.2. The summed E-state index contributed by atoms with van der Waals surface area (Å²) < 4.78 is 6.72. The Labute approximate surface area is 115 Å². The first-order chi connectivity index (χ1) is 8.78. The van der Waals surface area contributed by atoms with Gasteiger partial charge in [0.15, 0.2) is 0 Å². The Morgan fingerprint density at radius 3 is 2.89 bits per heavy atom. The van der Waals surface area contributed by atoms with Gasteiger partial charge in [-0.1, -0.05) is 28.1 Å². The molecule has 0 radical (unpaired) electrons. The van der Waals surface area contributed by atoms with Gasteiger partial charge in [-0.25, -0.2) is 0 Å². The molecule has 2 aromatic rings. The Kier molecular flexibility index (Phi) is 4.73. The van der Waals surface area contributed by atoms with Gasteiger partial charge in [0.1, 0.15) is 0 Å². The predicted octanol–water partition coefficient (Wildman–Crippen LogP) is 3.60. The summed E-state index contributed by atoms with van der Waals surface area (Å²) in [6, 6.07) is 12.0. The standard InChI is InChI=1S/C14H15BrN2O/c1-16-13-5-6-17-14(8-13)10-18-9-11-3-2-4-12(15)7-11/h2-8H,9-10H2,1H3,(H,16,17). The lowest BCUT2D eigenvalue weighted by atomic mass is 10.2. The van der Waals surface area contributed by atoms with E-state index in [9.17, 15) is 0 Å². The van der Waals surface area contributed by atoms with Crippen LogP contribution in [0.1, 0.15) is 11.3 Å². The minimum absolute atomic E-state index is 0.516. The minimum atomic E-state index is 0.516. The van der Waals surface area contributed by atoms with Crippen LogP contribution in [0.25, 0.3) is 0 Å². The summed E-state index contributed by atoms with van der Waals surface area (Å²) in [5.74, 6) is 0. The number of benzene rings is 1. The molecule has 3 nitrogen and oxygen atoms in total. The van der Waals surface area contributed by atoms with E-state index in [0.717, 1.165) is 21.4 Å². The predicted molar refractivity (Wildman–Crippen MR) is 76.4 cm³/mol. The molecule has 94 valence electrons. The molecule has 1 aromatic heterocycles. The van der Waals surface area contributed by atoms with E-state index >= 15 is 0 Å². The molecule has 0 aliphatic heterocycles. The number of ether oxygens (including phenoxy) is 1. The minimum Gasteiger partial charge on any atom is -0.388 e. The normalized spacial score (nSPS) is 10.3. The molecule has 4 heteroatoms. The zero-order chi connectivity index (χ0) is 12.8. The molecule has 0 saturated carbocycles. The molecule has 2 rings (SSSR count). The van der Waals surface area contributed by atoms with Crippen molar-refractivity contribution in [2.24, 2.45) is 0 Å². The van der Waals surface area contributed by atoms with Crippen LogP contribution in [0.15, 0.2) is 47.1 Å². The second-order valence-corrected chi connectivity index (χ2v) is 4.82. The van der Waals surface area contributed by atoms with E-state index in [1.807, 2.05) is 37.4 Å². The SMILES string of the molecule is CNc1ccnc(COCc2cccc(Br)c2)c1. The number of hydrogen-bond acceptors (Lipinski definition) is 3. The highest BCUT2D eigenvalue weighted by molar-refractivity contribution is 9.10. The highest BCUT2D eigenvalue weighted by Gasteiger charge is 1.98. The monoisotopic (exact) mass is 306 g/mol. The van der Waals surface area contributed by atoms with Crippen LogP contribution in [-0.4, -0.2) is 12.0 Å². The van der Waals surface area contributed by atoms with Crippen LogP contribution in [0.4, 0.5) is 5.69 Å². The molecule has 0 aliphatic rings. The van der Waals surface area contributed by atoms with Crippen LogP contribution >= 0.6 is 15.9 Å². The maximum atomic E-state index is 5.65. The molecule has 0 amide bonds. The van der Waals surface area contributed by atoms with Crippen molar-refractivity contribution in [3.8, 4) is 0 Å². The Morgan fingerprint density at radius 1 is 1.22 bits per heavy atom. The van der Waals surface area contributed by atoms with E-state index in [4.69, 9.17) is 4.74 Å². The van der Waals surface area contributed by atoms with Crippen molar-refractivity contribution in [3.05, 3.63) is 58.3 Å². The van der Waals surface area contributed by atoms with Gasteiger partial charge in [-0.2, -0.15) is 0 Å². The summed E-state index contributed by atoms with van der Waals surface area (Å²) in [5.41, 5.74) is 3.12. The summed E-state index contributed by atoms with van der Waals surface area (Å²) >= 11 is 3.44. The van der Waals surface area contributed by atoms with Crippen molar-refractivity contribution in [3.63, 3.8) is 0 Å². The van der Waals surface area contributed by atoms with Crippen LogP contribution in [0.2, 0.25) is 0 Å². The molecule has 0 unspecified atom stereocenters. The van der Waals surface area contributed by atoms with Crippen LogP contribution < -0.4 is 5.32 Å². The number of hydrogen-bond donors (Lipinski definition) is 1. The number of aromatic nitrogens is 1. The van der Waals surface area contributed by atoms with E-state index in [2.05, 4.69) is 32.3 Å². The third-order valence-corrected chi connectivity index (χ3v) is 3.01. The third kappa shape index (κ3) is 3.82. The summed E-state index contributed by atoms with van der Waals surface area (Å²) in [4.78, 5) is 4.26. The molecule has 18 heavy (non-hydrogen) atoms. The number of anilines is 1. The average molecular weight is 307 g/mol. The van der Waals surface area contributed by atoms with Crippen LogP contribution in [-0.2, 0) is 18.0 Å². The van der Waals surface area contributed by atoms with Gasteiger partial charge in [-0.05, 0) is 29.8 Å². The van der Waals surface area contributed by atoms with Crippen molar-refractivity contribution < 1.29 is 4.74 Å². The zero-order valence-corrected chi connectivity index (χ0v) is 11.8. The van der Waals surface area contributed by atoms with E-state index in [1.54, 1.807) is 6.20 Å². The average Bonchev–Trinajstić information content (AvgIpc) is 2.39. The second kappa shape index (κ2) is 6.52. The van der Waals surface area contributed by atoms with Crippen LogP contribution in [0.5, 0.6) is 0 Å². The van der Waals surface area contributed by atoms with E-state index in [-0.39, 0.29) is 0 Å². The van der Waals surface area contributed by atoms with Gasteiger partial charge in [0, 0.05) is 23.4 Å². The van der Waals surface area contributed by atoms with Crippen LogP contribution in [0.3, 0.4) is 0 Å². The Hall–Kier alpha value is -1.39. The first kappa shape index (κ1) is 13.1. The first-order valence-corrected chi connectivity index (χ1v) is 6.52. The number of halogens is 1. The number of nitrogens with one attached hydrogen (secondary N) is 1. The topological polar surface area (TPSA) is 34.2 Å². The molecule has 0 bridgehead atoms. The fraction of sp³-hybridized carbons (Fsp3) is 0.214. The van der Waals surface area contributed by atoms with E-state index in [0.29, 0.717) is 13.2 Å². The Bertz CT molecular complexity index is 517. The third-order valence-electron chi connectivity index (χ3n) is 2.51. The molecule has 0 saturated heterocycles. The molecule has 1 heterocycles. The summed E-state index contributed by atoms with van der Waals surface area (Å²) in [6.45, 7) is 1.10. The van der Waals surface area contributed by atoms with Crippen molar-refractivity contribution in [2.45, 2.75) is 13.2 Å². The van der Waals surface area contributed by atoms with E-state index in [1.165, 1.54) is 0 Å². The van der Waals surface area contributed by atoms with Crippen LogP contribution in [0, 0.1) is 0 Å². The molecule has 0 fully saturated rings. The fourth-order valence-corrected chi connectivity index (χ4v) is 2.06. The molecule has 0 atom stereocenters. The Morgan fingerprint density at radius 2 is 2.11 bits per heavy atom. The number of pyridine rings is 1. The van der Waals surface area contributed by atoms with Crippen molar-refractivity contribution in [1.29, 1.82) is 0 Å². The smallest absolute Gasteiger partial charge is 0.0893 e. The van der Waals surface area contributed by atoms with Gasteiger partial charge in [-0.3, -0.25) is 4.98 Å². The number of nitrogens with zero attached hydrogens (tertiary/aromatic N) is 1. The number of rotatable bonds is 5. The second-order valence-electron chi connectivity index (χ2n) is 3.91. The van der Waals surface area contributed by atoms with Gasteiger partial charge in [0.05, 0.1) is 18.9 Å². The highest BCUT2D eigenvalue weighted by atomic mass is 79.9. The van der Waals surface area contributed by atoms with Gasteiger partial charge < -0.3 is 10.1 Å². The molecule has 0 aliphatic carbocycles. The molecule has 1 N–H and O–H groups in total. The van der Waals surface area contributed by atoms with Gasteiger partial charge in [0.2, 0.25) is 0 Å². The quantitative estimate of drug-likeness (QED) is 0.916. The van der Waals surface area contributed by atoms with Gasteiger partial charge in [0.25, 0.3) is 0 Å². The summed E-state index contributed by atoms with van der Waals surface area (Å²) in [6.07, 6.45) is 1.78. The summed E-state index contributed by atoms with van der Waals surface area (Å²) in [5, 5.41) is 3.08. The lowest BCUT2D eigenvalue weighted by molar-refractivity contribution is 0.104. The highest BCUT2D eigenvalue weighted by Crippen LogP contribution is 2.13. The Balaban J connectivity index is 1.88. The lowest BCUT2D eigenvalue weighted by Crippen LogP contribution is -1.98. The van der Waals surface area contributed by atoms with Gasteiger partial charge in [-0.15, -0.1) is 0 Å². The molecular formula is C14H15BrN2O. The maximum absolute atomic E-state index is 5.65. The van der Waals surface area contributed by atoms with Crippen molar-refractivity contribution in [1.82, 2.24) is 4.98 Å².